The van der Waals surface area contributed by atoms with Crippen LogP contribution in [0.5, 0.6) is 5.75 Å². The van der Waals surface area contributed by atoms with Crippen molar-refractivity contribution in [2.45, 2.75) is 26.8 Å². The predicted molar refractivity (Wildman–Crippen MR) is 64.2 cm³/mol. The standard InChI is InChI=1S/C13H21NO/c1-10(2)9-15-13-7-5-6-12(8-13)11(3)14-4/h5-8,10-11,14H,9H2,1-4H3/t11-/m1/s1. The lowest BCUT2D eigenvalue weighted by molar-refractivity contribution is 0.270. The Kier molecular flexibility index (Phi) is 4.63. The van der Waals surface area contributed by atoms with Crippen LogP contribution in [-0.2, 0) is 0 Å². The fourth-order valence-corrected chi connectivity index (χ4v) is 1.30. The van der Waals surface area contributed by atoms with Gasteiger partial charge in [0.2, 0.25) is 0 Å². The highest BCUT2D eigenvalue weighted by atomic mass is 16.5. The second-order valence-electron chi connectivity index (χ2n) is 4.29. The van der Waals surface area contributed by atoms with Crippen LogP contribution in [0.3, 0.4) is 0 Å². The fraction of sp³-hybridized carbons (Fsp3) is 0.538. The van der Waals surface area contributed by atoms with Gasteiger partial charge in [-0.25, -0.2) is 0 Å². The Morgan fingerprint density at radius 3 is 2.60 bits per heavy atom. The summed E-state index contributed by atoms with van der Waals surface area (Å²) in [6.07, 6.45) is 0. The molecule has 0 saturated heterocycles. The van der Waals surface area contributed by atoms with Crippen molar-refractivity contribution in [3.8, 4) is 5.75 Å². The smallest absolute Gasteiger partial charge is 0.119 e. The molecule has 1 aromatic carbocycles. The van der Waals surface area contributed by atoms with Crippen LogP contribution in [0.4, 0.5) is 0 Å². The third-order valence-electron chi connectivity index (χ3n) is 2.37. The minimum Gasteiger partial charge on any atom is -0.493 e. The Labute approximate surface area is 92.6 Å². The van der Waals surface area contributed by atoms with E-state index in [1.807, 2.05) is 19.2 Å². The molecule has 2 heteroatoms. The number of hydrogen-bond donors (Lipinski definition) is 1. The van der Waals surface area contributed by atoms with E-state index in [4.69, 9.17) is 4.74 Å². The van der Waals surface area contributed by atoms with Crippen molar-refractivity contribution in [1.82, 2.24) is 5.32 Å². The largest absolute Gasteiger partial charge is 0.493 e. The number of benzene rings is 1. The number of ether oxygens (including phenoxy) is 1. The zero-order chi connectivity index (χ0) is 11.3. The van der Waals surface area contributed by atoms with E-state index in [1.165, 1.54) is 5.56 Å². The summed E-state index contributed by atoms with van der Waals surface area (Å²) >= 11 is 0. The van der Waals surface area contributed by atoms with Gasteiger partial charge < -0.3 is 10.1 Å². The molecule has 0 aliphatic rings. The molecule has 0 bridgehead atoms. The molecule has 0 aliphatic heterocycles. The van der Waals surface area contributed by atoms with Gasteiger partial charge in [-0.2, -0.15) is 0 Å². The van der Waals surface area contributed by atoms with Crippen LogP contribution < -0.4 is 10.1 Å². The van der Waals surface area contributed by atoms with Gasteiger partial charge in [0.05, 0.1) is 6.61 Å². The summed E-state index contributed by atoms with van der Waals surface area (Å²) in [5.41, 5.74) is 1.26. The third kappa shape index (κ3) is 3.92. The first kappa shape index (κ1) is 12.1. The minimum atomic E-state index is 0.368. The van der Waals surface area contributed by atoms with Crippen LogP contribution in [0, 0.1) is 5.92 Å². The quantitative estimate of drug-likeness (QED) is 0.801. The molecule has 0 spiro atoms. The van der Waals surface area contributed by atoms with Crippen molar-refractivity contribution in [3.63, 3.8) is 0 Å². The van der Waals surface area contributed by atoms with Crippen molar-refractivity contribution >= 4 is 0 Å². The summed E-state index contributed by atoms with van der Waals surface area (Å²) in [4.78, 5) is 0. The molecule has 0 saturated carbocycles. The first-order valence-corrected chi connectivity index (χ1v) is 5.53. The van der Waals surface area contributed by atoms with Crippen LogP contribution in [0.2, 0.25) is 0 Å². The highest BCUT2D eigenvalue weighted by molar-refractivity contribution is 5.30. The maximum absolute atomic E-state index is 5.67. The second-order valence-corrected chi connectivity index (χ2v) is 4.29. The van der Waals surface area contributed by atoms with Crippen molar-refractivity contribution < 1.29 is 4.74 Å². The van der Waals surface area contributed by atoms with Crippen molar-refractivity contribution in [1.29, 1.82) is 0 Å². The fourth-order valence-electron chi connectivity index (χ4n) is 1.30. The van der Waals surface area contributed by atoms with Gasteiger partial charge >= 0.3 is 0 Å². The van der Waals surface area contributed by atoms with Crippen LogP contribution in [0.1, 0.15) is 32.4 Å². The second kappa shape index (κ2) is 5.76. The molecule has 2 nitrogen and oxygen atoms in total. The molecule has 84 valence electrons. The van der Waals surface area contributed by atoms with E-state index < -0.39 is 0 Å². The highest BCUT2D eigenvalue weighted by Gasteiger charge is 2.03. The van der Waals surface area contributed by atoms with Crippen LogP contribution in [0.15, 0.2) is 24.3 Å². The zero-order valence-corrected chi connectivity index (χ0v) is 10.1. The van der Waals surface area contributed by atoms with Crippen molar-refractivity contribution in [3.05, 3.63) is 29.8 Å². The Morgan fingerprint density at radius 1 is 1.27 bits per heavy atom. The molecule has 0 aromatic heterocycles. The molecule has 0 radical (unpaired) electrons. The van der Waals surface area contributed by atoms with Crippen LogP contribution in [0.25, 0.3) is 0 Å². The summed E-state index contributed by atoms with van der Waals surface area (Å²) in [6.45, 7) is 7.22. The van der Waals surface area contributed by atoms with Gasteiger partial charge in [0.25, 0.3) is 0 Å². The zero-order valence-electron chi connectivity index (χ0n) is 10.1. The monoisotopic (exact) mass is 207 g/mol. The molecule has 0 aliphatic carbocycles. The third-order valence-corrected chi connectivity index (χ3v) is 2.37. The molecular formula is C13H21NO. The molecule has 0 heterocycles. The van der Waals surface area contributed by atoms with E-state index in [2.05, 4.69) is 38.2 Å². The predicted octanol–water partition coefficient (Wildman–Crippen LogP) is 3.00. The summed E-state index contributed by atoms with van der Waals surface area (Å²) < 4.78 is 5.67. The van der Waals surface area contributed by atoms with Gasteiger partial charge in [-0.05, 0) is 37.6 Å². The maximum Gasteiger partial charge on any atom is 0.119 e. The van der Waals surface area contributed by atoms with Gasteiger partial charge in [0.15, 0.2) is 0 Å². The van der Waals surface area contributed by atoms with E-state index in [-0.39, 0.29) is 0 Å². The van der Waals surface area contributed by atoms with Gasteiger partial charge in [0, 0.05) is 6.04 Å². The van der Waals surface area contributed by atoms with Gasteiger partial charge in [-0.15, -0.1) is 0 Å². The average Bonchev–Trinajstić information content (AvgIpc) is 2.25. The van der Waals surface area contributed by atoms with Gasteiger partial charge in [-0.3, -0.25) is 0 Å². The molecule has 0 fully saturated rings. The molecule has 1 aromatic rings. The van der Waals surface area contributed by atoms with E-state index in [1.54, 1.807) is 0 Å². The van der Waals surface area contributed by atoms with Crippen molar-refractivity contribution in [2.75, 3.05) is 13.7 Å². The molecular weight excluding hydrogens is 186 g/mol. The van der Waals surface area contributed by atoms with E-state index >= 15 is 0 Å². The Bertz CT molecular complexity index is 296. The minimum absolute atomic E-state index is 0.368. The Hall–Kier alpha value is -1.02. The van der Waals surface area contributed by atoms with E-state index in [0.717, 1.165) is 12.4 Å². The number of hydrogen-bond acceptors (Lipinski definition) is 2. The summed E-state index contributed by atoms with van der Waals surface area (Å²) in [5, 5.41) is 3.22. The lowest BCUT2D eigenvalue weighted by Crippen LogP contribution is -2.12. The molecule has 15 heavy (non-hydrogen) atoms. The highest BCUT2D eigenvalue weighted by Crippen LogP contribution is 2.19. The first-order chi connectivity index (χ1) is 7.13. The normalized spacial score (nSPS) is 12.9. The molecule has 1 rings (SSSR count). The lowest BCUT2D eigenvalue weighted by atomic mass is 10.1. The van der Waals surface area contributed by atoms with Gasteiger partial charge in [-0.1, -0.05) is 26.0 Å². The van der Waals surface area contributed by atoms with Crippen molar-refractivity contribution in [2.24, 2.45) is 5.92 Å². The number of rotatable bonds is 5. The lowest BCUT2D eigenvalue weighted by Gasteiger charge is -2.13. The topological polar surface area (TPSA) is 21.3 Å². The molecule has 1 atom stereocenters. The maximum atomic E-state index is 5.67. The van der Waals surface area contributed by atoms with Crippen LogP contribution >= 0.6 is 0 Å². The number of nitrogens with one attached hydrogen (secondary N) is 1. The Balaban J connectivity index is 2.65. The Morgan fingerprint density at radius 2 is 2.00 bits per heavy atom. The first-order valence-electron chi connectivity index (χ1n) is 5.53. The van der Waals surface area contributed by atoms with E-state index in [0.29, 0.717) is 12.0 Å². The molecule has 1 N–H and O–H groups in total. The van der Waals surface area contributed by atoms with Gasteiger partial charge in [0.1, 0.15) is 5.75 Å². The summed E-state index contributed by atoms with van der Waals surface area (Å²) in [5.74, 6) is 1.53. The summed E-state index contributed by atoms with van der Waals surface area (Å²) in [6, 6.07) is 8.63. The average molecular weight is 207 g/mol. The SMILES string of the molecule is CN[C@H](C)c1cccc(OCC(C)C)c1. The molecule has 0 unspecified atom stereocenters. The molecule has 0 amide bonds. The summed E-state index contributed by atoms with van der Waals surface area (Å²) in [7, 11) is 1.96. The van der Waals surface area contributed by atoms with E-state index in [9.17, 15) is 0 Å². The van der Waals surface area contributed by atoms with Crippen LogP contribution in [-0.4, -0.2) is 13.7 Å².